The molecule has 1 N–H and O–H groups in total. The first kappa shape index (κ1) is 20.8. The molecular weight excluding hydrogens is 388 g/mol. The van der Waals surface area contributed by atoms with Crippen LogP contribution in [0, 0.1) is 5.92 Å². The number of hydrogen-bond donors (Lipinski definition) is 1. The first-order valence-electron chi connectivity index (χ1n) is 10.8. The Morgan fingerprint density at radius 3 is 2.65 bits per heavy atom. The predicted octanol–water partition coefficient (Wildman–Crippen LogP) is 4.11. The van der Waals surface area contributed by atoms with E-state index in [1.54, 1.807) is 6.20 Å². The van der Waals surface area contributed by atoms with E-state index in [1.807, 2.05) is 12.1 Å². The molecule has 3 heterocycles. The molecule has 0 radical (unpaired) electrons. The Labute approximate surface area is 182 Å². The molecule has 4 aromatic rings. The fourth-order valence-corrected chi connectivity index (χ4v) is 3.53. The smallest absolute Gasteiger partial charge is 0.181 e. The Morgan fingerprint density at radius 2 is 1.94 bits per heavy atom. The Morgan fingerprint density at radius 1 is 1.10 bits per heavy atom. The molecule has 3 aromatic heterocycles. The molecule has 4 rings (SSSR count). The summed E-state index contributed by atoms with van der Waals surface area (Å²) in [6.45, 7) is 7.53. The van der Waals surface area contributed by atoms with Gasteiger partial charge in [0, 0.05) is 36.7 Å². The maximum atomic E-state index is 4.84. The standard InChI is InChI=1S/C23H28N8/c1-4-14-31-21(25-20(28-31)12-7-16(2)3)15-17-8-10-18(11-9-17)22-19(6-5-13-24-22)23-26-29-30-27-23/h5-6,8-11,13,16H,4,7,12,14-15H2,1-3H3,(H,26,27,29,30). The van der Waals surface area contributed by atoms with Gasteiger partial charge in [-0.2, -0.15) is 5.10 Å². The molecule has 0 bridgehead atoms. The number of benzene rings is 1. The van der Waals surface area contributed by atoms with Crippen molar-refractivity contribution in [2.75, 3.05) is 0 Å². The van der Waals surface area contributed by atoms with E-state index >= 15 is 0 Å². The van der Waals surface area contributed by atoms with E-state index in [1.165, 1.54) is 5.56 Å². The van der Waals surface area contributed by atoms with Crippen molar-refractivity contribution in [1.29, 1.82) is 0 Å². The SMILES string of the molecule is CCCn1nc(CCC(C)C)nc1Cc1ccc(-c2ncccc2-c2nnn[nH]2)cc1. The van der Waals surface area contributed by atoms with Gasteiger partial charge in [0.2, 0.25) is 0 Å². The zero-order valence-electron chi connectivity index (χ0n) is 18.3. The van der Waals surface area contributed by atoms with Crippen LogP contribution in [-0.4, -0.2) is 40.4 Å². The second-order valence-electron chi connectivity index (χ2n) is 8.12. The lowest BCUT2D eigenvalue weighted by Gasteiger charge is -2.08. The van der Waals surface area contributed by atoms with Crippen molar-refractivity contribution in [2.24, 2.45) is 5.92 Å². The highest BCUT2D eigenvalue weighted by Gasteiger charge is 2.13. The highest BCUT2D eigenvalue weighted by Crippen LogP contribution is 2.27. The molecule has 0 fully saturated rings. The van der Waals surface area contributed by atoms with Crippen LogP contribution in [-0.2, 0) is 19.4 Å². The minimum atomic E-state index is 0.605. The first-order chi connectivity index (χ1) is 15.1. The molecule has 0 unspecified atom stereocenters. The average molecular weight is 417 g/mol. The van der Waals surface area contributed by atoms with Crippen LogP contribution < -0.4 is 0 Å². The van der Waals surface area contributed by atoms with E-state index in [9.17, 15) is 0 Å². The second kappa shape index (κ2) is 9.59. The van der Waals surface area contributed by atoms with E-state index in [0.717, 1.165) is 60.7 Å². The largest absolute Gasteiger partial charge is 0.255 e. The Bertz CT molecular complexity index is 1100. The number of nitrogens with zero attached hydrogens (tertiary/aromatic N) is 7. The van der Waals surface area contributed by atoms with Gasteiger partial charge in [-0.15, -0.1) is 5.10 Å². The van der Waals surface area contributed by atoms with E-state index in [0.29, 0.717) is 11.7 Å². The number of nitrogens with one attached hydrogen (secondary N) is 1. The average Bonchev–Trinajstić information content (AvgIpc) is 3.44. The summed E-state index contributed by atoms with van der Waals surface area (Å²) in [5, 5.41) is 18.9. The van der Waals surface area contributed by atoms with Crippen molar-refractivity contribution in [3.8, 4) is 22.6 Å². The van der Waals surface area contributed by atoms with Crippen molar-refractivity contribution >= 4 is 0 Å². The monoisotopic (exact) mass is 416 g/mol. The number of aromatic amines is 1. The lowest BCUT2D eigenvalue weighted by Crippen LogP contribution is -2.06. The fourth-order valence-electron chi connectivity index (χ4n) is 3.53. The summed E-state index contributed by atoms with van der Waals surface area (Å²) < 4.78 is 2.07. The molecule has 0 spiro atoms. The van der Waals surface area contributed by atoms with Crippen LogP contribution in [0.3, 0.4) is 0 Å². The van der Waals surface area contributed by atoms with Crippen molar-refractivity contribution in [3.05, 3.63) is 59.8 Å². The highest BCUT2D eigenvalue weighted by molar-refractivity contribution is 5.76. The summed E-state index contributed by atoms with van der Waals surface area (Å²) >= 11 is 0. The van der Waals surface area contributed by atoms with Gasteiger partial charge in [0.1, 0.15) is 5.82 Å². The molecular formula is C23H28N8. The highest BCUT2D eigenvalue weighted by atomic mass is 15.5. The zero-order chi connectivity index (χ0) is 21.6. The van der Waals surface area contributed by atoms with E-state index in [4.69, 9.17) is 10.1 Å². The molecule has 0 amide bonds. The van der Waals surface area contributed by atoms with Crippen molar-refractivity contribution in [2.45, 2.75) is 53.0 Å². The molecule has 0 aliphatic heterocycles. The third kappa shape index (κ3) is 5.02. The minimum absolute atomic E-state index is 0.605. The number of rotatable bonds is 9. The maximum Gasteiger partial charge on any atom is 0.181 e. The van der Waals surface area contributed by atoms with Gasteiger partial charge in [-0.05, 0) is 46.9 Å². The molecule has 0 saturated heterocycles. The predicted molar refractivity (Wildman–Crippen MR) is 119 cm³/mol. The van der Waals surface area contributed by atoms with E-state index in [2.05, 4.69) is 75.3 Å². The number of tetrazole rings is 1. The molecule has 0 aliphatic carbocycles. The second-order valence-corrected chi connectivity index (χ2v) is 8.12. The van der Waals surface area contributed by atoms with Crippen LogP contribution in [0.5, 0.6) is 0 Å². The van der Waals surface area contributed by atoms with Crippen LogP contribution in [0.25, 0.3) is 22.6 Å². The quantitative estimate of drug-likeness (QED) is 0.441. The molecule has 0 saturated carbocycles. The van der Waals surface area contributed by atoms with E-state index < -0.39 is 0 Å². The van der Waals surface area contributed by atoms with Crippen LogP contribution in [0.2, 0.25) is 0 Å². The molecule has 0 atom stereocenters. The van der Waals surface area contributed by atoms with Crippen LogP contribution >= 0.6 is 0 Å². The fraction of sp³-hybridized carbons (Fsp3) is 0.391. The summed E-state index contributed by atoms with van der Waals surface area (Å²) in [5.74, 6) is 3.24. The zero-order valence-corrected chi connectivity index (χ0v) is 18.3. The first-order valence-corrected chi connectivity index (χ1v) is 10.8. The molecule has 31 heavy (non-hydrogen) atoms. The van der Waals surface area contributed by atoms with Crippen molar-refractivity contribution in [1.82, 2.24) is 40.4 Å². The molecule has 8 nitrogen and oxygen atoms in total. The number of aromatic nitrogens is 8. The summed E-state index contributed by atoms with van der Waals surface area (Å²) in [7, 11) is 0. The third-order valence-electron chi connectivity index (χ3n) is 5.17. The van der Waals surface area contributed by atoms with Crippen LogP contribution in [0.1, 0.15) is 50.8 Å². The Hall–Kier alpha value is -3.42. The molecule has 0 aliphatic rings. The molecule has 1 aromatic carbocycles. The number of aryl methyl sites for hydroxylation is 2. The lowest BCUT2D eigenvalue weighted by atomic mass is 10.0. The summed E-state index contributed by atoms with van der Waals surface area (Å²) in [6.07, 6.45) is 5.62. The number of pyridine rings is 1. The van der Waals surface area contributed by atoms with Gasteiger partial charge in [0.05, 0.1) is 5.69 Å². The summed E-state index contributed by atoms with van der Waals surface area (Å²) in [5.41, 5.74) is 3.93. The van der Waals surface area contributed by atoms with E-state index in [-0.39, 0.29) is 0 Å². The lowest BCUT2D eigenvalue weighted by molar-refractivity contribution is 0.551. The topological polar surface area (TPSA) is 98.1 Å². The van der Waals surface area contributed by atoms with Gasteiger partial charge in [-0.25, -0.2) is 14.8 Å². The summed E-state index contributed by atoms with van der Waals surface area (Å²) in [4.78, 5) is 9.39. The maximum absolute atomic E-state index is 4.84. The minimum Gasteiger partial charge on any atom is -0.255 e. The number of hydrogen-bond acceptors (Lipinski definition) is 6. The Kier molecular flexibility index (Phi) is 6.45. The van der Waals surface area contributed by atoms with Crippen LogP contribution in [0.15, 0.2) is 42.6 Å². The van der Waals surface area contributed by atoms with Crippen molar-refractivity contribution < 1.29 is 0 Å². The van der Waals surface area contributed by atoms with Gasteiger partial charge >= 0.3 is 0 Å². The summed E-state index contributed by atoms with van der Waals surface area (Å²) in [6, 6.07) is 12.3. The van der Waals surface area contributed by atoms with Gasteiger partial charge in [0.15, 0.2) is 11.6 Å². The van der Waals surface area contributed by atoms with Crippen LogP contribution in [0.4, 0.5) is 0 Å². The van der Waals surface area contributed by atoms with Crippen molar-refractivity contribution in [3.63, 3.8) is 0 Å². The van der Waals surface area contributed by atoms with Gasteiger partial charge in [0.25, 0.3) is 0 Å². The number of H-pyrrole nitrogens is 1. The Balaban J connectivity index is 1.55. The normalized spacial score (nSPS) is 11.4. The van der Waals surface area contributed by atoms with Gasteiger partial charge < -0.3 is 0 Å². The molecule has 160 valence electrons. The molecule has 8 heteroatoms. The van der Waals surface area contributed by atoms with Gasteiger partial charge in [-0.3, -0.25) is 4.98 Å². The van der Waals surface area contributed by atoms with Gasteiger partial charge in [-0.1, -0.05) is 45.0 Å². The third-order valence-corrected chi connectivity index (χ3v) is 5.17.